The van der Waals surface area contributed by atoms with Gasteiger partial charge in [0.2, 0.25) is 0 Å². The van der Waals surface area contributed by atoms with Gasteiger partial charge in [-0.15, -0.1) is 0 Å². The first-order valence-corrected chi connectivity index (χ1v) is 8.19. The van der Waals surface area contributed by atoms with E-state index >= 15 is 0 Å². The number of nitrogens with zero attached hydrogens (tertiary/aromatic N) is 4. The lowest BCUT2D eigenvalue weighted by atomic mass is 10.2. The molecular weight excluding hydrogens is 330 g/mol. The molecule has 0 unspecified atom stereocenters. The minimum absolute atomic E-state index is 0.478. The van der Waals surface area contributed by atoms with Crippen molar-refractivity contribution >= 4 is 15.9 Å². The average Bonchev–Trinajstić information content (AvgIpc) is 2.91. The number of aromatic nitrogens is 4. The molecule has 1 N–H and O–H groups in total. The number of rotatable bonds is 6. The quantitative estimate of drug-likeness (QED) is 0.868. The molecule has 5 nitrogen and oxygen atoms in total. The topological polar surface area (TPSA) is 47.7 Å². The molecule has 0 amide bonds. The van der Waals surface area contributed by atoms with Crippen molar-refractivity contribution in [2.24, 2.45) is 0 Å². The summed E-state index contributed by atoms with van der Waals surface area (Å²) < 4.78 is 5.11. The number of nitrogens with one attached hydrogen (secondary N) is 1. The fraction of sp³-hybridized carbons (Fsp3) is 0.600. The van der Waals surface area contributed by atoms with E-state index in [9.17, 15) is 0 Å². The van der Waals surface area contributed by atoms with Crippen LogP contribution >= 0.6 is 15.9 Å². The summed E-state index contributed by atoms with van der Waals surface area (Å²) in [5, 5.41) is 12.6. The zero-order chi connectivity index (χ0) is 15.6. The molecule has 0 aliphatic rings. The number of halogens is 1. The Balaban J connectivity index is 2.19. The van der Waals surface area contributed by atoms with E-state index in [1.807, 2.05) is 16.3 Å². The van der Waals surface area contributed by atoms with Crippen molar-refractivity contribution in [3.8, 4) is 0 Å². The van der Waals surface area contributed by atoms with Gasteiger partial charge in [0.1, 0.15) is 0 Å². The lowest BCUT2D eigenvalue weighted by molar-refractivity contribution is 0.571. The normalized spacial score (nSPS) is 11.6. The fourth-order valence-corrected chi connectivity index (χ4v) is 2.71. The maximum atomic E-state index is 4.62. The van der Waals surface area contributed by atoms with Gasteiger partial charge in [0.15, 0.2) is 0 Å². The summed E-state index contributed by atoms with van der Waals surface area (Å²) in [6.07, 6.45) is 2.12. The molecular formula is C15H24BrN5. The van der Waals surface area contributed by atoms with Gasteiger partial charge in [-0.2, -0.15) is 10.2 Å². The van der Waals surface area contributed by atoms with E-state index < -0.39 is 0 Å². The van der Waals surface area contributed by atoms with Crippen LogP contribution in [0.25, 0.3) is 0 Å². The summed E-state index contributed by atoms with van der Waals surface area (Å²) in [7, 11) is 0. The highest BCUT2D eigenvalue weighted by Crippen LogP contribution is 2.22. The molecule has 0 aliphatic carbocycles. The van der Waals surface area contributed by atoms with Crippen LogP contribution in [-0.4, -0.2) is 25.6 Å². The Morgan fingerprint density at radius 1 is 1.24 bits per heavy atom. The van der Waals surface area contributed by atoms with Crippen LogP contribution in [0.3, 0.4) is 0 Å². The zero-order valence-corrected chi connectivity index (χ0v) is 15.0. The standard InChI is InChI=1S/C15H24BrN5/c1-6-21-14(15(16)12(5)19-21)9-20-8-13(11(4)18-20)7-17-10(2)3/h8,10,17H,6-7,9H2,1-5H3. The second-order valence-corrected chi connectivity index (χ2v) is 6.43. The van der Waals surface area contributed by atoms with Gasteiger partial charge >= 0.3 is 0 Å². The highest BCUT2D eigenvalue weighted by atomic mass is 79.9. The Bertz CT molecular complexity index is 612. The van der Waals surface area contributed by atoms with Gasteiger partial charge in [0, 0.05) is 30.9 Å². The number of hydrogen-bond acceptors (Lipinski definition) is 3. The zero-order valence-electron chi connectivity index (χ0n) is 13.4. The van der Waals surface area contributed by atoms with Crippen molar-refractivity contribution in [3.05, 3.63) is 33.3 Å². The van der Waals surface area contributed by atoms with Crippen LogP contribution in [0.4, 0.5) is 0 Å². The van der Waals surface area contributed by atoms with E-state index in [1.165, 1.54) is 11.3 Å². The summed E-state index contributed by atoms with van der Waals surface area (Å²) in [6.45, 7) is 12.9. The number of aryl methyl sites for hydroxylation is 3. The second-order valence-electron chi connectivity index (χ2n) is 5.63. The van der Waals surface area contributed by atoms with E-state index in [0.717, 1.165) is 35.5 Å². The molecule has 6 heteroatoms. The third-order valence-electron chi connectivity index (χ3n) is 3.51. The molecule has 0 radical (unpaired) electrons. The van der Waals surface area contributed by atoms with E-state index in [1.54, 1.807) is 0 Å². The molecule has 0 spiro atoms. The van der Waals surface area contributed by atoms with Crippen molar-refractivity contribution < 1.29 is 0 Å². The molecule has 0 fully saturated rings. The molecule has 0 saturated carbocycles. The van der Waals surface area contributed by atoms with Gasteiger partial charge in [-0.25, -0.2) is 0 Å². The van der Waals surface area contributed by atoms with Gasteiger partial charge < -0.3 is 5.32 Å². The van der Waals surface area contributed by atoms with Crippen LogP contribution < -0.4 is 5.32 Å². The highest BCUT2D eigenvalue weighted by Gasteiger charge is 2.14. The van der Waals surface area contributed by atoms with Gasteiger partial charge in [0.05, 0.1) is 28.1 Å². The summed E-state index contributed by atoms with van der Waals surface area (Å²) in [6, 6.07) is 0.478. The molecule has 2 rings (SSSR count). The summed E-state index contributed by atoms with van der Waals surface area (Å²) in [4.78, 5) is 0. The molecule has 0 aromatic carbocycles. The predicted octanol–water partition coefficient (Wildman–Crippen LogP) is 3.03. The fourth-order valence-electron chi connectivity index (χ4n) is 2.30. The summed E-state index contributed by atoms with van der Waals surface area (Å²) in [5.41, 5.74) is 4.52. The molecule has 2 aromatic rings. The van der Waals surface area contributed by atoms with Crippen LogP contribution in [0.15, 0.2) is 10.7 Å². The van der Waals surface area contributed by atoms with Gasteiger partial charge in [0.25, 0.3) is 0 Å². The SMILES string of the molecule is CCn1nc(C)c(Br)c1Cn1cc(CNC(C)C)c(C)n1. The summed E-state index contributed by atoms with van der Waals surface area (Å²) in [5.74, 6) is 0. The first-order valence-electron chi connectivity index (χ1n) is 7.40. The molecule has 116 valence electrons. The van der Waals surface area contributed by atoms with Crippen LogP contribution in [0.5, 0.6) is 0 Å². The minimum atomic E-state index is 0.478. The minimum Gasteiger partial charge on any atom is -0.310 e. The van der Waals surface area contributed by atoms with Crippen molar-refractivity contribution in [2.45, 2.75) is 60.3 Å². The number of hydrogen-bond donors (Lipinski definition) is 1. The van der Waals surface area contributed by atoms with Gasteiger partial charge in [-0.05, 0) is 36.7 Å². The Labute approximate surface area is 134 Å². The van der Waals surface area contributed by atoms with E-state index in [0.29, 0.717) is 6.04 Å². The van der Waals surface area contributed by atoms with Crippen LogP contribution in [-0.2, 0) is 19.6 Å². The Morgan fingerprint density at radius 2 is 1.95 bits per heavy atom. The average molecular weight is 354 g/mol. The third-order valence-corrected chi connectivity index (χ3v) is 4.54. The predicted molar refractivity (Wildman–Crippen MR) is 88.4 cm³/mol. The van der Waals surface area contributed by atoms with Crippen LogP contribution in [0.1, 0.15) is 43.4 Å². The molecule has 0 aliphatic heterocycles. The highest BCUT2D eigenvalue weighted by molar-refractivity contribution is 9.10. The Kier molecular flexibility index (Phi) is 5.22. The largest absolute Gasteiger partial charge is 0.310 e. The first-order chi connectivity index (χ1) is 9.92. The molecule has 0 saturated heterocycles. The molecule has 0 atom stereocenters. The van der Waals surface area contributed by atoms with Gasteiger partial charge in [-0.1, -0.05) is 13.8 Å². The van der Waals surface area contributed by atoms with Gasteiger partial charge in [-0.3, -0.25) is 9.36 Å². The molecule has 2 aromatic heterocycles. The van der Waals surface area contributed by atoms with Crippen molar-refractivity contribution in [1.29, 1.82) is 0 Å². The Hall–Kier alpha value is -1.14. The molecule has 2 heterocycles. The first kappa shape index (κ1) is 16.2. The smallest absolute Gasteiger partial charge is 0.0840 e. The molecule has 21 heavy (non-hydrogen) atoms. The van der Waals surface area contributed by atoms with Crippen LogP contribution in [0.2, 0.25) is 0 Å². The van der Waals surface area contributed by atoms with E-state index in [-0.39, 0.29) is 0 Å². The van der Waals surface area contributed by atoms with Crippen LogP contribution in [0, 0.1) is 13.8 Å². The van der Waals surface area contributed by atoms with Crippen molar-refractivity contribution in [1.82, 2.24) is 24.9 Å². The monoisotopic (exact) mass is 353 g/mol. The van der Waals surface area contributed by atoms with E-state index in [2.05, 4.69) is 65.3 Å². The second kappa shape index (κ2) is 6.75. The van der Waals surface area contributed by atoms with Crippen molar-refractivity contribution in [3.63, 3.8) is 0 Å². The van der Waals surface area contributed by atoms with E-state index in [4.69, 9.17) is 0 Å². The Morgan fingerprint density at radius 3 is 2.57 bits per heavy atom. The lowest BCUT2D eigenvalue weighted by Gasteiger charge is -2.06. The lowest BCUT2D eigenvalue weighted by Crippen LogP contribution is -2.21. The van der Waals surface area contributed by atoms with Crippen molar-refractivity contribution in [2.75, 3.05) is 0 Å². The molecule has 0 bridgehead atoms. The summed E-state index contributed by atoms with van der Waals surface area (Å²) >= 11 is 3.64. The third kappa shape index (κ3) is 3.74. The maximum Gasteiger partial charge on any atom is 0.0840 e. The maximum absolute atomic E-state index is 4.62.